The molecule has 2 atom stereocenters. The summed E-state index contributed by atoms with van der Waals surface area (Å²) in [6.45, 7) is 5.05. The molecule has 1 saturated carbocycles. The van der Waals surface area contributed by atoms with E-state index in [0.29, 0.717) is 24.9 Å². The maximum absolute atomic E-state index is 12.7. The highest BCUT2D eigenvalue weighted by Crippen LogP contribution is 2.32. The number of halogens is 1. The molecular formula is C22H29ClN6O. The third-order valence-electron chi connectivity index (χ3n) is 6.05. The Bertz CT molecular complexity index is 951. The Labute approximate surface area is 182 Å². The van der Waals surface area contributed by atoms with Gasteiger partial charge in [0.1, 0.15) is 5.82 Å². The Kier molecular flexibility index (Phi) is 6.01. The number of nitrogens with one attached hydrogen (secondary N) is 3. The molecule has 2 aromatic rings. The number of H-pyrrole nitrogens is 1. The lowest BCUT2D eigenvalue weighted by Gasteiger charge is -2.37. The van der Waals surface area contributed by atoms with Gasteiger partial charge in [0.25, 0.3) is 0 Å². The zero-order valence-electron chi connectivity index (χ0n) is 17.4. The lowest BCUT2D eigenvalue weighted by Crippen LogP contribution is -2.47. The molecule has 1 unspecified atom stereocenters. The summed E-state index contributed by atoms with van der Waals surface area (Å²) in [4.78, 5) is 22.0. The van der Waals surface area contributed by atoms with Gasteiger partial charge in [-0.05, 0) is 56.4 Å². The van der Waals surface area contributed by atoms with Crippen molar-refractivity contribution in [1.82, 2.24) is 25.5 Å². The number of hydrogen-bond donors (Lipinski definition) is 4. The Balaban J connectivity index is 1.55. The predicted molar refractivity (Wildman–Crippen MR) is 120 cm³/mol. The lowest BCUT2D eigenvalue weighted by atomic mass is 9.93. The number of nitrogens with two attached hydrogens (primary N) is 1. The van der Waals surface area contributed by atoms with E-state index in [1.165, 1.54) is 6.42 Å². The number of anilines is 1. The number of amides is 1. The average molecular weight is 429 g/mol. The summed E-state index contributed by atoms with van der Waals surface area (Å²) >= 11 is 6.46. The van der Waals surface area contributed by atoms with E-state index in [4.69, 9.17) is 17.3 Å². The van der Waals surface area contributed by atoms with Gasteiger partial charge < -0.3 is 26.3 Å². The van der Waals surface area contributed by atoms with Crippen molar-refractivity contribution >= 4 is 29.4 Å². The van der Waals surface area contributed by atoms with E-state index in [9.17, 15) is 4.79 Å². The summed E-state index contributed by atoms with van der Waals surface area (Å²) in [5, 5.41) is 7.45. The van der Waals surface area contributed by atoms with Crippen molar-refractivity contribution in [2.45, 2.75) is 57.8 Å². The van der Waals surface area contributed by atoms with Gasteiger partial charge in [0.05, 0.1) is 18.6 Å². The molecule has 5 N–H and O–H groups in total. The highest BCUT2D eigenvalue weighted by molar-refractivity contribution is 6.31. The van der Waals surface area contributed by atoms with Crippen LogP contribution < -0.4 is 16.4 Å². The highest BCUT2D eigenvalue weighted by atomic mass is 35.5. The summed E-state index contributed by atoms with van der Waals surface area (Å²) in [6.07, 6.45) is 7.07. The Morgan fingerprint density at radius 3 is 2.83 bits per heavy atom. The van der Waals surface area contributed by atoms with Crippen molar-refractivity contribution in [1.29, 1.82) is 0 Å². The Morgan fingerprint density at radius 1 is 1.37 bits per heavy atom. The topological polar surface area (TPSA) is 99.1 Å². The van der Waals surface area contributed by atoms with E-state index in [0.717, 1.165) is 40.4 Å². The van der Waals surface area contributed by atoms with E-state index in [1.807, 2.05) is 19.1 Å². The minimum absolute atomic E-state index is 0.00802. The summed E-state index contributed by atoms with van der Waals surface area (Å²) in [7, 11) is 0. The summed E-state index contributed by atoms with van der Waals surface area (Å²) in [5.74, 6) is 0.549. The van der Waals surface area contributed by atoms with Gasteiger partial charge in [0.2, 0.25) is 5.91 Å². The molecule has 2 heterocycles. The standard InChI is InChI=1S/C22H29ClN6O/c1-13(27-14(2)21-22(24)26-12-25-21)19-9-15-5-3-8-18(23)17(15)10-29(19)11-20(30)28-16-6-4-7-16/h3,5,8-9,12-14,16,27H,4,6-7,10-11,24H2,1-2H3,(H,25,26)(H,28,30)/t13-,14?/m0/s1. The molecule has 8 heteroatoms. The molecule has 1 aliphatic carbocycles. The molecule has 30 heavy (non-hydrogen) atoms. The molecule has 7 nitrogen and oxygen atoms in total. The summed E-state index contributed by atoms with van der Waals surface area (Å²) in [6, 6.07) is 6.22. The number of nitrogens with zero attached hydrogens (tertiary/aromatic N) is 2. The predicted octanol–water partition coefficient (Wildman–Crippen LogP) is 3.21. The SMILES string of the molecule is CC(N[C@@H](C)C1=Cc2cccc(Cl)c2CN1CC(=O)NC1CCC1)c1[nH]cnc1N. The number of carbonyl (C=O) groups excluding carboxylic acids is 1. The van der Waals surface area contributed by atoms with Gasteiger partial charge in [0.15, 0.2) is 0 Å². The first kappa shape index (κ1) is 20.8. The molecular weight excluding hydrogens is 400 g/mol. The number of carbonyl (C=O) groups is 1. The Morgan fingerprint density at radius 2 is 2.17 bits per heavy atom. The van der Waals surface area contributed by atoms with E-state index in [1.54, 1.807) is 6.33 Å². The lowest BCUT2D eigenvalue weighted by molar-refractivity contribution is -0.123. The molecule has 1 amide bonds. The molecule has 4 rings (SSSR count). The molecule has 1 fully saturated rings. The van der Waals surface area contributed by atoms with Crippen molar-refractivity contribution in [3.63, 3.8) is 0 Å². The second-order valence-electron chi connectivity index (χ2n) is 8.24. The van der Waals surface area contributed by atoms with E-state index >= 15 is 0 Å². The van der Waals surface area contributed by atoms with Crippen LogP contribution in [0.5, 0.6) is 0 Å². The van der Waals surface area contributed by atoms with Gasteiger partial charge in [-0.1, -0.05) is 23.7 Å². The maximum atomic E-state index is 12.7. The van der Waals surface area contributed by atoms with Crippen LogP contribution in [0.15, 0.2) is 30.2 Å². The van der Waals surface area contributed by atoms with Crippen LogP contribution >= 0.6 is 11.6 Å². The van der Waals surface area contributed by atoms with Crippen LogP contribution in [0.3, 0.4) is 0 Å². The van der Waals surface area contributed by atoms with Crippen LogP contribution in [0.4, 0.5) is 5.82 Å². The number of imidazole rings is 1. The number of nitrogen functional groups attached to an aromatic ring is 1. The van der Waals surface area contributed by atoms with Crippen molar-refractivity contribution in [2.75, 3.05) is 12.3 Å². The number of aromatic nitrogens is 2. The van der Waals surface area contributed by atoms with Crippen LogP contribution in [0, 0.1) is 0 Å². The normalized spacial score (nSPS) is 18.2. The largest absolute Gasteiger partial charge is 0.382 e. The van der Waals surface area contributed by atoms with Gasteiger partial charge in [-0.15, -0.1) is 0 Å². The van der Waals surface area contributed by atoms with Crippen LogP contribution in [0.1, 0.15) is 56.0 Å². The van der Waals surface area contributed by atoms with Crippen molar-refractivity contribution in [3.05, 3.63) is 52.1 Å². The third-order valence-corrected chi connectivity index (χ3v) is 6.41. The first-order valence-electron chi connectivity index (χ1n) is 10.5. The molecule has 2 aliphatic rings. The second-order valence-corrected chi connectivity index (χ2v) is 8.65. The minimum Gasteiger partial charge on any atom is -0.382 e. The highest BCUT2D eigenvalue weighted by Gasteiger charge is 2.28. The molecule has 0 saturated heterocycles. The fourth-order valence-corrected chi connectivity index (χ4v) is 4.40. The second kappa shape index (κ2) is 8.70. The fourth-order valence-electron chi connectivity index (χ4n) is 4.16. The molecule has 0 radical (unpaired) electrons. The van der Waals surface area contributed by atoms with Gasteiger partial charge in [-0.3, -0.25) is 4.79 Å². The van der Waals surface area contributed by atoms with Gasteiger partial charge in [-0.25, -0.2) is 4.98 Å². The smallest absolute Gasteiger partial charge is 0.239 e. The number of aromatic amines is 1. The third kappa shape index (κ3) is 4.32. The van der Waals surface area contributed by atoms with Crippen molar-refractivity contribution < 1.29 is 4.79 Å². The van der Waals surface area contributed by atoms with Gasteiger partial charge >= 0.3 is 0 Å². The molecule has 0 bridgehead atoms. The van der Waals surface area contributed by atoms with Crippen LogP contribution in [-0.4, -0.2) is 39.4 Å². The number of fused-ring (bicyclic) bond motifs is 1. The zero-order valence-corrected chi connectivity index (χ0v) is 18.2. The van der Waals surface area contributed by atoms with E-state index < -0.39 is 0 Å². The van der Waals surface area contributed by atoms with Crippen LogP contribution in [-0.2, 0) is 11.3 Å². The van der Waals surface area contributed by atoms with Gasteiger partial charge in [0, 0.05) is 35.4 Å². The van der Waals surface area contributed by atoms with Crippen molar-refractivity contribution in [2.24, 2.45) is 0 Å². The molecule has 160 valence electrons. The molecule has 1 aliphatic heterocycles. The van der Waals surface area contributed by atoms with Crippen molar-refractivity contribution in [3.8, 4) is 0 Å². The minimum atomic E-state index is -0.0187. The van der Waals surface area contributed by atoms with Crippen LogP contribution in [0.2, 0.25) is 5.02 Å². The summed E-state index contributed by atoms with van der Waals surface area (Å²) < 4.78 is 0. The number of benzene rings is 1. The molecule has 0 spiro atoms. The van der Waals surface area contributed by atoms with E-state index in [-0.39, 0.29) is 18.0 Å². The quantitative estimate of drug-likeness (QED) is 0.542. The Hall–Kier alpha value is -2.51. The van der Waals surface area contributed by atoms with Gasteiger partial charge in [-0.2, -0.15) is 0 Å². The summed E-state index contributed by atoms with van der Waals surface area (Å²) in [5.41, 5.74) is 10.0. The maximum Gasteiger partial charge on any atom is 0.239 e. The zero-order chi connectivity index (χ0) is 21.3. The molecule has 1 aromatic heterocycles. The number of rotatable bonds is 7. The first-order chi connectivity index (χ1) is 14.4. The monoisotopic (exact) mass is 428 g/mol. The molecule has 1 aromatic carbocycles. The van der Waals surface area contributed by atoms with E-state index in [2.05, 4.69) is 44.6 Å². The van der Waals surface area contributed by atoms with Crippen LogP contribution in [0.25, 0.3) is 6.08 Å². The first-order valence-corrected chi connectivity index (χ1v) is 10.9. The number of hydrogen-bond acceptors (Lipinski definition) is 5. The average Bonchev–Trinajstić information content (AvgIpc) is 3.11. The fraction of sp³-hybridized carbons (Fsp3) is 0.455.